The van der Waals surface area contributed by atoms with Crippen LogP contribution >= 0.6 is 23.1 Å². The molecule has 0 amide bonds. The fourth-order valence-electron chi connectivity index (χ4n) is 3.94. The number of fused-ring (bicyclic) bond motifs is 1. The van der Waals surface area contributed by atoms with Crippen LogP contribution in [-0.2, 0) is 4.84 Å². The van der Waals surface area contributed by atoms with E-state index in [4.69, 9.17) is 9.83 Å². The second kappa shape index (κ2) is 8.65. The number of nitrogens with zero attached hydrogens (tertiary/aromatic N) is 3. The summed E-state index contributed by atoms with van der Waals surface area (Å²) in [5.41, 5.74) is 7.17. The number of hydrogen-bond acceptors (Lipinski definition) is 7. The predicted octanol–water partition coefficient (Wildman–Crippen LogP) is 6.10. The Labute approximate surface area is 195 Å². The second-order valence-corrected chi connectivity index (χ2v) is 10.5. The van der Waals surface area contributed by atoms with E-state index in [1.165, 1.54) is 26.1 Å². The smallest absolute Gasteiger partial charge is 0.156 e. The molecule has 5 rings (SSSR count). The van der Waals surface area contributed by atoms with Crippen molar-refractivity contribution in [1.82, 2.24) is 15.7 Å². The zero-order valence-corrected chi connectivity index (χ0v) is 20.1. The predicted molar refractivity (Wildman–Crippen MR) is 132 cm³/mol. The molecule has 0 spiro atoms. The first kappa shape index (κ1) is 21.1. The van der Waals surface area contributed by atoms with Crippen molar-refractivity contribution < 1.29 is 4.84 Å². The minimum absolute atomic E-state index is 0.0393. The molecule has 1 atom stereocenters. The number of hydroxylamine groups is 1. The molecule has 7 heteroatoms. The minimum Gasteiger partial charge on any atom is -0.272 e. The lowest BCUT2D eigenvalue weighted by molar-refractivity contribution is 0.0620. The number of thiophene rings is 1. The van der Waals surface area contributed by atoms with E-state index < -0.39 is 0 Å². The number of benzene rings is 2. The molecule has 0 bridgehead atoms. The number of aryl methyl sites for hydroxylation is 3. The van der Waals surface area contributed by atoms with Crippen LogP contribution in [0, 0.1) is 27.7 Å². The summed E-state index contributed by atoms with van der Waals surface area (Å²) in [6.07, 6.45) is 0. The molecule has 2 aromatic heterocycles. The number of aromatic nitrogens is 2. The van der Waals surface area contributed by atoms with Crippen molar-refractivity contribution in [3.8, 4) is 0 Å². The molecule has 0 saturated carbocycles. The third kappa shape index (κ3) is 4.03. The van der Waals surface area contributed by atoms with E-state index in [-0.39, 0.29) is 6.04 Å². The molecule has 3 heterocycles. The summed E-state index contributed by atoms with van der Waals surface area (Å²) in [6, 6.07) is 17.0. The summed E-state index contributed by atoms with van der Waals surface area (Å²) in [6.45, 7) is 8.83. The SMILES string of the molecule is Cc1cc([C@@H]2CONC(c3c(Sc4ccc5ccccc5c4)nnc(C)c3C)=N2)c(C)s1. The highest BCUT2D eigenvalue weighted by Gasteiger charge is 2.25. The number of nitrogens with one attached hydrogen (secondary N) is 1. The first-order valence-corrected chi connectivity index (χ1v) is 12.2. The van der Waals surface area contributed by atoms with Gasteiger partial charge in [-0.2, -0.15) is 5.10 Å². The fourth-order valence-corrected chi connectivity index (χ4v) is 5.90. The van der Waals surface area contributed by atoms with Gasteiger partial charge in [-0.1, -0.05) is 42.1 Å². The van der Waals surface area contributed by atoms with Crippen LogP contribution in [-0.4, -0.2) is 22.6 Å². The summed E-state index contributed by atoms with van der Waals surface area (Å²) in [4.78, 5) is 14.5. The topological polar surface area (TPSA) is 59.4 Å². The quantitative estimate of drug-likeness (QED) is 0.399. The van der Waals surface area contributed by atoms with Gasteiger partial charge in [0.25, 0.3) is 0 Å². The van der Waals surface area contributed by atoms with Crippen LogP contribution in [0.3, 0.4) is 0 Å². The molecule has 0 saturated heterocycles. The summed E-state index contributed by atoms with van der Waals surface area (Å²) >= 11 is 3.40. The Balaban J connectivity index is 1.56. The highest BCUT2D eigenvalue weighted by Crippen LogP contribution is 2.35. The molecule has 0 unspecified atom stereocenters. The lowest BCUT2D eigenvalue weighted by atomic mass is 10.1. The van der Waals surface area contributed by atoms with E-state index >= 15 is 0 Å². The largest absolute Gasteiger partial charge is 0.272 e. The Morgan fingerprint density at radius 3 is 2.59 bits per heavy atom. The Morgan fingerprint density at radius 1 is 1.00 bits per heavy atom. The van der Waals surface area contributed by atoms with Gasteiger partial charge in [0.15, 0.2) is 5.84 Å². The van der Waals surface area contributed by atoms with Crippen molar-refractivity contribution in [2.45, 2.75) is 43.7 Å². The maximum absolute atomic E-state index is 5.79. The average Bonchev–Trinajstić information content (AvgIpc) is 3.14. The van der Waals surface area contributed by atoms with Gasteiger partial charge in [0, 0.05) is 14.6 Å². The molecule has 1 aliphatic rings. The van der Waals surface area contributed by atoms with E-state index in [1.54, 1.807) is 23.1 Å². The minimum atomic E-state index is -0.0393. The highest BCUT2D eigenvalue weighted by molar-refractivity contribution is 7.99. The zero-order valence-electron chi connectivity index (χ0n) is 18.5. The first-order chi connectivity index (χ1) is 15.5. The molecule has 32 heavy (non-hydrogen) atoms. The Kier molecular flexibility index (Phi) is 5.71. The van der Waals surface area contributed by atoms with Crippen LogP contribution in [0.2, 0.25) is 0 Å². The van der Waals surface area contributed by atoms with E-state index in [2.05, 4.69) is 85.0 Å². The maximum atomic E-state index is 5.79. The van der Waals surface area contributed by atoms with Crippen molar-refractivity contribution in [3.05, 3.63) is 80.7 Å². The maximum Gasteiger partial charge on any atom is 0.156 e. The number of rotatable bonds is 4. The summed E-state index contributed by atoms with van der Waals surface area (Å²) < 4.78 is 0. The lowest BCUT2D eigenvalue weighted by Crippen LogP contribution is -2.34. The van der Waals surface area contributed by atoms with Gasteiger partial charge in [-0.25, -0.2) is 5.48 Å². The van der Waals surface area contributed by atoms with E-state index in [1.807, 2.05) is 6.92 Å². The summed E-state index contributed by atoms with van der Waals surface area (Å²) in [5, 5.41) is 12.2. The van der Waals surface area contributed by atoms with Gasteiger partial charge in [-0.05, 0) is 67.8 Å². The molecule has 1 N–H and O–H groups in total. The number of amidine groups is 1. The molecular weight excluding hydrogens is 436 g/mol. The molecule has 0 radical (unpaired) electrons. The van der Waals surface area contributed by atoms with E-state index in [9.17, 15) is 0 Å². The number of hydrogen-bond donors (Lipinski definition) is 1. The van der Waals surface area contributed by atoms with Gasteiger partial charge in [0.05, 0.1) is 11.3 Å². The first-order valence-electron chi connectivity index (χ1n) is 10.5. The molecule has 162 valence electrons. The lowest BCUT2D eigenvalue weighted by Gasteiger charge is -2.24. The van der Waals surface area contributed by atoms with Crippen LogP contribution in [0.1, 0.15) is 38.2 Å². The Morgan fingerprint density at radius 2 is 1.81 bits per heavy atom. The van der Waals surface area contributed by atoms with Gasteiger partial charge in [0.2, 0.25) is 0 Å². The third-order valence-electron chi connectivity index (χ3n) is 5.73. The molecule has 4 aromatic rings. The number of aliphatic imine (C=N–C) groups is 1. The fraction of sp³-hybridized carbons (Fsp3) is 0.240. The third-order valence-corrected chi connectivity index (χ3v) is 7.68. The van der Waals surface area contributed by atoms with Crippen LogP contribution in [0.15, 0.2) is 63.4 Å². The molecule has 1 aliphatic heterocycles. The van der Waals surface area contributed by atoms with Gasteiger partial charge < -0.3 is 0 Å². The zero-order chi connectivity index (χ0) is 22.2. The molecule has 0 aliphatic carbocycles. The van der Waals surface area contributed by atoms with Gasteiger partial charge in [-0.15, -0.1) is 16.4 Å². The van der Waals surface area contributed by atoms with Crippen LogP contribution in [0.4, 0.5) is 0 Å². The molecular formula is C25H24N4OS2. The van der Waals surface area contributed by atoms with E-state index in [0.717, 1.165) is 26.7 Å². The van der Waals surface area contributed by atoms with Crippen molar-refractivity contribution in [2.75, 3.05) is 6.61 Å². The monoisotopic (exact) mass is 460 g/mol. The van der Waals surface area contributed by atoms with Gasteiger partial charge >= 0.3 is 0 Å². The standard InChI is InChI=1S/C25H24N4OS2/c1-14-11-21(17(4)31-14)22-13-30-29-24(26-22)23-15(2)16(3)27-28-25(23)32-20-10-9-18-7-5-6-8-19(18)12-20/h5-12,22H,13H2,1-4H3,(H,26,29)/t22-/m0/s1. The summed E-state index contributed by atoms with van der Waals surface area (Å²) in [5.74, 6) is 0.711. The second-order valence-electron chi connectivity index (χ2n) is 7.98. The van der Waals surface area contributed by atoms with Crippen LogP contribution < -0.4 is 5.48 Å². The summed E-state index contributed by atoms with van der Waals surface area (Å²) in [7, 11) is 0. The van der Waals surface area contributed by atoms with Gasteiger partial charge in [-0.3, -0.25) is 9.83 Å². The molecule has 0 fully saturated rings. The Hall–Kier alpha value is -2.74. The van der Waals surface area contributed by atoms with Crippen molar-refractivity contribution in [1.29, 1.82) is 0 Å². The Bertz CT molecular complexity index is 1350. The highest BCUT2D eigenvalue weighted by atomic mass is 32.2. The normalized spacial score (nSPS) is 16.1. The van der Waals surface area contributed by atoms with Crippen LogP contribution in [0.5, 0.6) is 0 Å². The van der Waals surface area contributed by atoms with E-state index in [0.29, 0.717) is 12.4 Å². The van der Waals surface area contributed by atoms with Gasteiger partial charge in [0.1, 0.15) is 17.7 Å². The molecule has 5 nitrogen and oxygen atoms in total. The van der Waals surface area contributed by atoms with Crippen molar-refractivity contribution in [3.63, 3.8) is 0 Å². The van der Waals surface area contributed by atoms with Crippen molar-refractivity contribution >= 4 is 39.7 Å². The average molecular weight is 461 g/mol. The van der Waals surface area contributed by atoms with Crippen LogP contribution in [0.25, 0.3) is 10.8 Å². The van der Waals surface area contributed by atoms with Crippen molar-refractivity contribution in [2.24, 2.45) is 4.99 Å². The molecule has 2 aromatic carbocycles.